The van der Waals surface area contributed by atoms with E-state index in [-0.39, 0.29) is 29.1 Å². The Labute approximate surface area is 107 Å². The van der Waals surface area contributed by atoms with Gasteiger partial charge in [-0.2, -0.15) is 4.68 Å². The predicted octanol–water partition coefficient (Wildman–Crippen LogP) is -0.747. The third kappa shape index (κ3) is 1.94. The highest BCUT2D eigenvalue weighted by Crippen LogP contribution is 2.33. The summed E-state index contributed by atoms with van der Waals surface area (Å²) in [6, 6.07) is 0.251. The van der Waals surface area contributed by atoms with E-state index < -0.39 is 0 Å². The summed E-state index contributed by atoms with van der Waals surface area (Å²) in [6.07, 6.45) is 6.49. The number of oxime groups is 1. The molecule has 98 valence electrons. The number of hydrogen-bond donors (Lipinski definition) is 2. The molecule has 0 spiro atoms. The Balaban J connectivity index is 2.05. The molecular weight excluding hydrogens is 250 g/mol. The van der Waals surface area contributed by atoms with Crippen molar-refractivity contribution in [2.45, 2.75) is 18.9 Å². The number of hydrogen-bond acceptors (Lipinski definition) is 6. The van der Waals surface area contributed by atoms with Crippen molar-refractivity contribution in [2.24, 2.45) is 10.9 Å². The zero-order chi connectivity index (χ0) is 13.4. The van der Waals surface area contributed by atoms with E-state index in [1.54, 1.807) is 17.0 Å². The van der Waals surface area contributed by atoms with Crippen molar-refractivity contribution in [1.29, 1.82) is 0 Å². The maximum absolute atomic E-state index is 12.2. The number of rotatable bonds is 3. The van der Waals surface area contributed by atoms with Crippen LogP contribution in [-0.4, -0.2) is 35.4 Å². The van der Waals surface area contributed by atoms with E-state index >= 15 is 0 Å². The molecule has 3 rings (SSSR count). The maximum atomic E-state index is 12.2. The molecule has 0 unspecified atom stereocenters. The SMILES string of the molecule is NC(=NO)c1ncn(-c2nccn(C3CC3)c2=O)n1. The number of nitrogens with zero attached hydrogens (tertiary/aromatic N) is 6. The Morgan fingerprint density at radius 3 is 2.95 bits per heavy atom. The van der Waals surface area contributed by atoms with Gasteiger partial charge >= 0.3 is 0 Å². The van der Waals surface area contributed by atoms with Gasteiger partial charge in [-0.05, 0) is 12.8 Å². The Kier molecular flexibility index (Phi) is 2.51. The fourth-order valence-electron chi connectivity index (χ4n) is 1.74. The van der Waals surface area contributed by atoms with E-state index in [2.05, 4.69) is 20.2 Å². The second-order valence-corrected chi connectivity index (χ2v) is 4.19. The van der Waals surface area contributed by atoms with Gasteiger partial charge in [-0.3, -0.25) is 4.79 Å². The molecule has 0 aromatic carbocycles. The molecular formula is C10H11N7O2. The molecule has 0 saturated heterocycles. The van der Waals surface area contributed by atoms with Crippen molar-refractivity contribution >= 4 is 5.84 Å². The van der Waals surface area contributed by atoms with Crippen LogP contribution in [0.2, 0.25) is 0 Å². The minimum atomic E-state index is -0.235. The lowest BCUT2D eigenvalue weighted by Crippen LogP contribution is -2.25. The molecule has 0 radical (unpaired) electrons. The van der Waals surface area contributed by atoms with E-state index in [1.807, 2.05) is 0 Å². The molecule has 2 heterocycles. The highest BCUT2D eigenvalue weighted by Gasteiger charge is 2.25. The van der Waals surface area contributed by atoms with Crippen molar-refractivity contribution in [3.8, 4) is 5.82 Å². The van der Waals surface area contributed by atoms with Crippen LogP contribution in [0.1, 0.15) is 24.7 Å². The Morgan fingerprint density at radius 1 is 1.47 bits per heavy atom. The van der Waals surface area contributed by atoms with Crippen molar-refractivity contribution in [2.75, 3.05) is 0 Å². The van der Waals surface area contributed by atoms with Crippen LogP contribution in [-0.2, 0) is 0 Å². The van der Waals surface area contributed by atoms with E-state index in [4.69, 9.17) is 10.9 Å². The van der Waals surface area contributed by atoms with Crippen LogP contribution in [0.4, 0.5) is 0 Å². The quantitative estimate of drug-likeness (QED) is 0.324. The van der Waals surface area contributed by atoms with E-state index in [9.17, 15) is 4.79 Å². The fraction of sp³-hybridized carbons (Fsp3) is 0.300. The van der Waals surface area contributed by atoms with Gasteiger partial charge < -0.3 is 15.5 Å². The minimum Gasteiger partial charge on any atom is -0.409 e. The van der Waals surface area contributed by atoms with E-state index in [0.717, 1.165) is 12.8 Å². The summed E-state index contributed by atoms with van der Waals surface area (Å²) < 4.78 is 2.85. The number of nitrogens with two attached hydrogens (primary N) is 1. The largest absolute Gasteiger partial charge is 0.409 e. The standard InChI is InChI=1S/C10H11N7O2/c11-7(15-19)8-13-5-17(14-8)9-10(18)16(4-3-12-9)6-1-2-6/h3-6,19H,1-2H2,(H2,11,15). The molecule has 9 heteroatoms. The first-order chi connectivity index (χ1) is 9.20. The van der Waals surface area contributed by atoms with Crippen molar-refractivity contribution in [3.63, 3.8) is 0 Å². The molecule has 0 atom stereocenters. The normalized spacial score (nSPS) is 15.7. The molecule has 2 aromatic heterocycles. The Bertz CT molecular complexity index is 698. The summed E-state index contributed by atoms with van der Waals surface area (Å²) in [5.41, 5.74) is 5.13. The van der Waals surface area contributed by atoms with Gasteiger partial charge in [0.05, 0.1) is 0 Å². The molecule has 1 fully saturated rings. The molecule has 0 aliphatic heterocycles. The molecule has 9 nitrogen and oxygen atoms in total. The van der Waals surface area contributed by atoms with Crippen LogP contribution < -0.4 is 11.3 Å². The molecule has 0 amide bonds. The molecule has 2 aromatic rings. The molecule has 1 aliphatic rings. The summed E-state index contributed by atoms with van der Waals surface area (Å²) in [4.78, 5) is 20.0. The first-order valence-corrected chi connectivity index (χ1v) is 5.68. The average molecular weight is 261 g/mol. The first-order valence-electron chi connectivity index (χ1n) is 5.68. The van der Waals surface area contributed by atoms with Gasteiger partial charge in [-0.15, -0.1) is 5.10 Å². The van der Waals surface area contributed by atoms with Crippen LogP contribution in [0.5, 0.6) is 0 Å². The zero-order valence-corrected chi connectivity index (χ0v) is 9.84. The second kappa shape index (κ2) is 4.19. The van der Waals surface area contributed by atoms with Gasteiger partial charge in [-0.1, -0.05) is 5.16 Å². The number of amidine groups is 1. The topological polar surface area (TPSA) is 124 Å². The first kappa shape index (κ1) is 11.4. The zero-order valence-electron chi connectivity index (χ0n) is 9.84. The second-order valence-electron chi connectivity index (χ2n) is 4.19. The van der Waals surface area contributed by atoms with Gasteiger partial charge in [0, 0.05) is 18.4 Å². The van der Waals surface area contributed by atoms with Crippen LogP contribution in [0.15, 0.2) is 28.7 Å². The monoisotopic (exact) mass is 261 g/mol. The summed E-state index contributed by atoms with van der Waals surface area (Å²) in [5.74, 6) is -0.0541. The molecule has 1 aliphatic carbocycles. The third-order valence-electron chi connectivity index (χ3n) is 2.84. The lowest BCUT2D eigenvalue weighted by Gasteiger charge is -2.04. The maximum Gasteiger partial charge on any atom is 0.296 e. The Morgan fingerprint density at radius 2 is 2.26 bits per heavy atom. The lowest BCUT2D eigenvalue weighted by atomic mass is 10.5. The van der Waals surface area contributed by atoms with Crippen LogP contribution in [0, 0.1) is 0 Å². The number of aromatic nitrogens is 5. The molecule has 19 heavy (non-hydrogen) atoms. The Hall–Kier alpha value is -2.71. The summed E-state index contributed by atoms with van der Waals surface area (Å²) >= 11 is 0. The summed E-state index contributed by atoms with van der Waals surface area (Å²) in [7, 11) is 0. The van der Waals surface area contributed by atoms with E-state index in [1.165, 1.54) is 11.0 Å². The molecule has 3 N–H and O–H groups in total. The summed E-state index contributed by atoms with van der Waals surface area (Å²) in [6.45, 7) is 0. The highest BCUT2D eigenvalue weighted by molar-refractivity contribution is 5.93. The van der Waals surface area contributed by atoms with Crippen LogP contribution >= 0.6 is 0 Å². The van der Waals surface area contributed by atoms with Gasteiger partial charge in [0.15, 0.2) is 0 Å². The van der Waals surface area contributed by atoms with Gasteiger partial charge in [-0.25, -0.2) is 9.97 Å². The van der Waals surface area contributed by atoms with Crippen molar-refractivity contribution < 1.29 is 5.21 Å². The molecule has 0 bridgehead atoms. The summed E-state index contributed by atoms with van der Waals surface area (Å²) in [5, 5.41) is 15.3. The lowest BCUT2D eigenvalue weighted by molar-refractivity contribution is 0.318. The minimum absolute atomic E-state index is 0.0329. The van der Waals surface area contributed by atoms with Gasteiger partial charge in [0.1, 0.15) is 6.33 Å². The third-order valence-corrected chi connectivity index (χ3v) is 2.84. The highest BCUT2D eigenvalue weighted by atomic mass is 16.4. The predicted molar refractivity (Wildman–Crippen MR) is 64.2 cm³/mol. The smallest absolute Gasteiger partial charge is 0.296 e. The van der Waals surface area contributed by atoms with Crippen molar-refractivity contribution in [3.05, 3.63) is 34.9 Å². The fourth-order valence-corrected chi connectivity index (χ4v) is 1.74. The average Bonchev–Trinajstić information content (AvgIpc) is 3.15. The van der Waals surface area contributed by atoms with E-state index in [0.29, 0.717) is 0 Å². The van der Waals surface area contributed by atoms with Crippen LogP contribution in [0.25, 0.3) is 5.82 Å². The van der Waals surface area contributed by atoms with Crippen molar-refractivity contribution in [1.82, 2.24) is 24.3 Å². The van der Waals surface area contributed by atoms with Gasteiger partial charge in [0.2, 0.25) is 17.5 Å². The van der Waals surface area contributed by atoms with Gasteiger partial charge in [0.25, 0.3) is 5.56 Å². The van der Waals surface area contributed by atoms with Crippen LogP contribution in [0.3, 0.4) is 0 Å². The molecule has 1 saturated carbocycles.